The Hall–Kier alpha value is -2.48. The molecule has 0 aliphatic carbocycles. The highest BCUT2D eigenvalue weighted by molar-refractivity contribution is 7.14. The smallest absolute Gasteiger partial charge is 0.258 e. The van der Waals surface area contributed by atoms with Crippen LogP contribution in [0.1, 0.15) is 5.56 Å². The number of benzene rings is 2. The fourth-order valence-electron chi connectivity index (χ4n) is 2.02. The van der Waals surface area contributed by atoms with Crippen molar-refractivity contribution in [1.29, 1.82) is 0 Å². The van der Waals surface area contributed by atoms with Gasteiger partial charge in [0.2, 0.25) is 5.13 Å². The predicted octanol–water partition coefficient (Wildman–Crippen LogP) is 5.47. The standard InChI is InChI=1S/C16H10Cl2N4O2S/c17-13-5-2-6-14(18)12(13)8-19-21-16-20-15(9-25-16)10-3-1-4-11(7-10)22(23)24/h1-9H,(H,20,21)/b19-8+. The summed E-state index contributed by atoms with van der Waals surface area (Å²) in [5, 5.41) is 18.3. The molecule has 25 heavy (non-hydrogen) atoms. The molecule has 2 aromatic carbocycles. The number of anilines is 1. The number of hydrazone groups is 1. The van der Waals surface area contributed by atoms with Crippen LogP contribution in [0, 0.1) is 10.1 Å². The summed E-state index contributed by atoms with van der Waals surface area (Å²) in [6.07, 6.45) is 1.51. The van der Waals surface area contributed by atoms with Crippen molar-refractivity contribution in [3.8, 4) is 11.3 Å². The van der Waals surface area contributed by atoms with Crippen LogP contribution in [-0.4, -0.2) is 16.1 Å². The van der Waals surface area contributed by atoms with E-state index >= 15 is 0 Å². The maximum absolute atomic E-state index is 10.9. The number of nitro benzene ring substituents is 1. The number of rotatable bonds is 5. The molecule has 3 aromatic rings. The molecule has 3 rings (SSSR count). The second kappa shape index (κ2) is 7.60. The van der Waals surface area contributed by atoms with Gasteiger partial charge in [-0.2, -0.15) is 5.10 Å². The molecule has 0 unspecified atom stereocenters. The van der Waals surface area contributed by atoms with E-state index in [0.29, 0.717) is 32.0 Å². The van der Waals surface area contributed by atoms with Crippen molar-refractivity contribution in [2.45, 2.75) is 0 Å². The first-order valence-corrected chi connectivity index (χ1v) is 8.61. The van der Waals surface area contributed by atoms with Gasteiger partial charge in [0.25, 0.3) is 5.69 Å². The van der Waals surface area contributed by atoms with Crippen molar-refractivity contribution < 1.29 is 4.92 Å². The average molecular weight is 393 g/mol. The number of halogens is 2. The van der Waals surface area contributed by atoms with Gasteiger partial charge < -0.3 is 0 Å². The van der Waals surface area contributed by atoms with Crippen molar-refractivity contribution in [3.05, 3.63) is 73.6 Å². The quantitative estimate of drug-likeness (QED) is 0.354. The zero-order chi connectivity index (χ0) is 17.8. The van der Waals surface area contributed by atoms with Gasteiger partial charge in [0.05, 0.1) is 26.9 Å². The molecular weight excluding hydrogens is 383 g/mol. The summed E-state index contributed by atoms with van der Waals surface area (Å²) in [5.74, 6) is 0. The van der Waals surface area contributed by atoms with E-state index in [2.05, 4.69) is 15.5 Å². The Morgan fingerprint density at radius 3 is 2.64 bits per heavy atom. The van der Waals surface area contributed by atoms with E-state index in [0.717, 1.165) is 0 Å². The lowest BCUT2D eigenvalue weighted by Crippen LogP contribution is -1.92. The van der Waals surface area contributed by atoms with Crippen LogP contribution in [0.5, 0.6) is 0 Å². The monoisotopic (exact) mass is 392 g/mol. The lowest BCUT2D eigenvalue weighted by Gasteiger charge is -2.00. The zero-order valence-corrected chi connectivity index (χ0v) is 14.8. The van der Waals surface area contributed by atoms with E-state index in [1.807, 2.05) is 0 Å². The zero-order valence-electron chi connectivity index (χ0n) is 12.5. The largest absolute Gasteiger partial charge is 0.270 e. The molecule has 1 heterocycles. The predicted molar refractivity (Wildman–Crippen MR) is 102 cm³/mol. The molecule has 126 valence electrons. The number of nitrogens with one attached hydrogen (secondary N) is 1. The van der Waals surface area contributed by atoms with Gasteiger partial charge in [-0.25, -0.2) is 4.98 Å². The first kappa shape index (κ1) is 17.3. The highest BCUT2D eigenvalue weighted by Gasteiger charge is 2.10. The summed E-state index contributed by atoms with van der Waals surface area (Å²) in [7, 11) is 0. The molecule has 0 spiro atoms. The number of nitrogens with zero attached hydrogens (tertiary/aromatic N) is 3. The number of thiazole rings is 1. The fraction of sp³-hybridized carbons (Fsp3) is 0. The molecule has 0 amide bonds. The average Bonchev–Trinajstić information content (AvgIpc) is 3.06. The minimum absolute atomic E-state index is 0.0198. The number of nitro groups is 1. The first-order valence-electron chi connectivity index (χ1n) is 6.98. The third-order valence-corrected chi connectivity index (χ3v) is 4.62. The minimum atomic E-state index is -0.438. The van der Waals surface area contributed by atoms with Crippen LogP contribution in [0.15, 0.2) is 52.9 Å². The van der Waals surface area contributed by atoms with Gasteiger partial charge in [-0.15, -0.1) is 11.3 Å². The summed E-state index contributed by atoms with van der Waals surface area (Å²) in [5.41, 5.74) is 4.72. The molecule has 6 nitrogen and oxygen atoms in total. The molecule has 9 heteroatoms. The molecule has 1 aromatic heterocycles. The molecule has 0 fully saturated rings. The van der Waals surface area contributed by atoms with Crippen LogP contribution in [0.25, 0.3) is 11.3 Å². The van der Waals surface area contributed by atoms with Crippen LogP contribution in [0.3, 0.4) is 0 Å². The van der Waals surface area contributed by atoms with Crippen molar-refractivity contribution in [3.63, 3.8) is 0 Å². The molecule has 0 bridgehead atoms. The van der Waals surface area contributed by atoms with Crippen LogP contribution < -0.4 is 5.43 Å². The number of aromatic nitrogens is 1. The summed E-state index contributed by atoms with van der Waals surface area (Å²) < 4.78 is 0. The van der Waals surface area contributed by atoms with Crippen LogP contribution in [0.4, 0.5) is 10.8 Å². The maximum atomic E-state index is 10.9. The lowest BCUT2D eigenvalue weighted by molar-refractivity contribution is -0.384. The van der Waals surface area contributed by atoms with E-state index in [4.69, 9.17) is 23.2 Å². The summed E-state index contributed by atoms with van der Waals surface area (Å²) in [6, 6.07) is 11.5. The van der Waals surface area contributed by atoms with Gasteiger partial charge in [0, 0.05) is 28.6 Å². The van der Waals surface area contributed by atoms with E-state index in [1.165, 1.54) is 29.7 Å². The second-order valence-corrected chi connectivity index (χ2v) is 6.52. The number of hydrogen-bond acceptors (Lipinski definition) is 6. The molecule has 0 aliphatic heterocycles. The lowest BCUT2D eigenvalue weighted by atomic mass is 10.1. The van der Waals surface area contributed by atoms with Crippen molar-refractivity contribution in [2.24, 2.45) is 5.10 Å². The fourth-order valence-corrected chi connectivity index (χ4v) is 3.19. The summed E-state index contributed by atoms with van der Waals surface area (Å²) in [6.45, 7) is 0. The van der Waals surface area contributed by atoms with E-state index < -0.39 is 4.92 Å². The van der Waals surface area contributed by atoms with Crippen molar-refractivity contribution in [2.75, 3.05) is 5.43 Å². The van der Waals surface area contributed by atoms with Crippen LogP contribution in [-0.2, 0) is 0 Å². The molecule has 0 aliphatic rings. The SMILES string of the molecule is O=[N+]([O-])c1cccc(-c2csc(N/N=C/c3c(Cl)cccc3Cl)n2)c1. The van der Waals surface area contributed by atoms with Gasteiger partial charge in [-0.1, -0.05) is 41.4 Å². The Kier molecular flexibility index (Phi) is 5.28. The Labute approximate surface area is 156 Å². The molecule has 0 atom stereocenters. The van der Waals surface area contributed by atoms with Crippen molar-refractivity contribution >= 4 is 51.6 Å². The number of hydrogen-bond donors (Lipinski definition) is 1. The van der Waals surface area contributed by atoms with Gasteiger partial charge in [0.15, 0.2) is 0 Å². The summed E-state index contributed by atoms with van der Waals surface area (Å²) in [4.78, 5) is 14.8. The van der Waals surface area contributed by atoms with Gasteiger partial charge >= 0.3 is 0 Å². The molecule has 0 radical (unpaired) electrons. The molecular formula is C16H10Cl2N4O2S. The summed E-state index contributed by atoms with van der Waals surface area (Å²) >= 11 is 13.5. The highest BCUT2D eigenvalue weighted by atomic mass is 35.5. The third-order valence-electron chi connectivity index (χ3n) is 3.21. The van der Waals surface area contributed by atoms with Gasteiger partial charge in [-0.05, 0) is 12.1 Å². The molecule has 1 N–H and O–H groups in total. The molecule has 0 saturated heterocycles. The second-order valence-electron chi connectivity index (χ2n) is 4.85. The Morgan fingerprint density at radius 2 is 1.92 bits per heavy atom. The van der Waals surface area contributed by atoms with Crippen LogP contribution in [0.2, 0.25) is 10.0 Å². The molecule has 0 saturated carbocycles. The minimum Gasteiger partial charge on any atom is -0.258 e. The van der Waals surface area contributed by atoms with Gasteiger partial charge in [0.1, 0.15) is 0 Å². The van der Waals surface area contributed by atoms with E-state index in [-0.39, 0.29) is 5.69 Å². The van der Waals surface area contributed by atoms with E-state index in [9.17, 15) is 10.1 Å². The van der Waals surface area contributed by atoms with Crippen molar-refractivity contribution in [1.82, 2.24) is 4.98 Å². The van der Waals surface area contributed by atoms with Gasteiger partial charge in [-0.3, -0.25) is 15.5 Å². The first-order chi connectivity index (χ1) is 12.0. The number of non-ortho nitro benzene ring substituents is 1. The maximum Gasteiger partial charge on any atom is 0.270 e. The van der Waals surface area contributed by atoms with E-state index in [1.54, 1.807) is 35.7 Å². The third kappa shape index (κ3) is 4.14. The normalized spacial score (nSPS) is 11.0. The van der Waals surface area contributed by atoms with Crippen LogP contribution >= 0.6 is 34.5 Å². The Balaban J connectivity index is 1.75. The Morgan fingerprint density at radius 1 is 1.20 bits per heavy atom. The topological polar surface area (TPSA) is 80.4 Å². The highest BCUT2D eigenvalue weighted by Crippen LogP contribution is 2.27. The Bertz CT molecular complexity index is 939.